The monoisotopic (exact) mass is 402 g/mol. The van der Waals surface area contributed by atoms with E-state index in [4.69, 9.17) is 4.74 Å². The summed E-state index contributed by atoms with van der Waals surface area (Å²) in [6.07, 6.45) is 1.15. The van der Waals surface area contributed by atoms with E-state index in [1.807, 2.05) is 4.90 Å². The number of ether oxygens (including phenoxy) is 1. The van der Waals surface area contributed by atoms with Crippen molar-refractivity contribution in [2.24, 2.45) is 10.2 Å². The van der Waals surface area contributed by atoms with Gasteiger partial charge in [0.05, 0.1) is 16.4 Å². The third kappa shape index (κ3) is 5.70. The van der Waals surface area contributed by atoms with E-state index in [0.717, 1.165) is 17.4 Å². The highest BCUT2D eigenvalue weighted by Crippen LogP contribution is 2.35. The van der Waals surface area contributed by atoms with E-state index in [-0.39, 0.29) is 18.3 Å². The average Bonchev–Trinajstić information content (AvgIpc) is 3.16. The molecule has 0 saturated carbocycles. The summed E-state index contributed by atoms with van der Waals surface area (Å²) in [6, 6.07) is -0.525. The lowest BCUT2D eigenvalue weighted by Gasteiger charge is -2.36. The Morgan fingerprint density at radius 2 is 2.22 bits per heavy atom. The molecule has 0 aromatic carbocycles. The Morgan fingerprint density at radius 3 is 2.78 bits per heavy atom. The van der Waals surface area contributed by atoms with Crippen molar-refractivity contribution < 1.29 is 17.9 Å². The zero-order valence-electron chi connectivity index (χ0n) is 14.9. The van der Waals surface area contributed by atoms with E-state index in [1.165, 1.54) is 5.51 Å². The molecule has 1 aromatic rings. The first-order valence-electron chi connectivity index (χ1n) is 8.41. The predicted molar refractivity (Wildman–Crippen MR) is 98.7 cm³/mol. The second kappa shape index (κ2) is 10.3. The number of piperidine rings is 1. The molecule has 10 heteroatoms. The summed E-state index contributed by atoms with van der Waals surface area (Å²) in [7, 11) is 0. The van der Waals surface area contributed by atoms with Gasteiger partial charge in [-0.3, -0.25) is 4.90 Å². The lowest BCUT2D eigenvalue weighted by Crippen LogP contribution is -2.40. The van der Waals surface area contributed by atoms with Gasteiger partial charge in [0.25, 0.3) is 6.43 Å². The standard InChI is InChI=1S/C17H21F3N4O2S/c1-3-11(8-14(18)21-2)26-12-4-6-24(7-5-12)13(9-23-25)16-15(17(19)20)22-10-27-16/h3,8,10,12-13,17H,2,4-7,9H2,1H3/b11-3+,14-8-. The lowest BCUT2D eigenvalue weighted by atomic mass is 10.0. The minimum atomic E-state index is -2.70. The molecule has 1 unspecified atom stereocenters. The lowest BCUT2D eigenvalue weighted by molar-refractivity contribution is 0.0398. The van der Waals surface area contributed by atoms with Gasteiger partial charge in [0.2, 0.25) is 5.95 Å². The number of alkyl halides is 2. The summed E-state index contributed by atoms with van der Waals surface area (Å²) in [5, 5.41) is 2.93. The molecular formula is C17H21F3N4O2S. The highest BCUT2D eigenvalue weighted by atomic mass is 32.1. The van der Waals surface area contributed by atoms with Crippen molar-refractivity contribution in [1.82, 2.24) is 9.88 Å². The fourth-order valence-electron chi connectivity index (χ4n) is 2.96. The Balaban J connectivity index is 2.02. The van der Waals surface area contributed by atoms with Gasteiger partial charge >= 0.3 is 0 Å². The number of allylic oxidation sites excluding steroid dienone is 2. The first-order valence-corrected chi connectivity index (χ1v) is 9.29. The van der Waals surface area contributed by atoms with Crippen LogP contribution in [0, 0.1) is 4.91 Å². The molecule has 0 amide bonds. The van der Waals surface area contributed by atoms with Crippen molar-refractivity contribution in [3.05, 3.63) is 44.9 Å². The molecule has 0 bridgehead atoms. The summed E-state index contributed by atoms with van der Waals surface area (Å²) >= 11 is 1.11. The maximum atomic E-state index is 13.2. The summed E-state index contributed by atoms with van der Waals surface area (Å²) in [6.45, 7) is 5.79. The molecule has 0 aliphatic carbocycles. The molecular weight excluding hydrogens is 381 g/mol. The smallest absolute Gasteiger partial charge is 0.281 e. The van der Waals surface area contributed by atoms with Crippen LogP contribution in [0.1, 0.15) is 42.8 Å². The van der Waals surface area contributed by atoms with Crippen LogP contribution in [0.15, 0.2) is 39.5 Å². The van der Waals surface area contributed by atoms with Crippen LogP contribution in [0.5, 0.6) is 0 Å². The molecule has 2 rings (SSSR count). The van der Waals surface area contributed by atoms with Crippen molar-refractivity contribution in [3.63, 3.8) is 0 Å². The van der Waals surface area contributed by atoms with Crippen molar-refractivity contribution in [2.45, 2.75) is 38.3 Å². The number of rotatable bonds is 9. The molecule has 1 aliphatic rings. The number of nitrogens with zero attached hydrogens (tertiary/aromatic N) is 4. The van der Waals surface area contributed by atoms with Gasteiger partial charge in [-0.2, -0.15) is 9.30 Å². The Labute approximate surface area is 159 Å². The number of aliphatic imine (C=N–C) groups is 1. The van der Waals surface area contributed by atoms with E-state index in [1.54, 1.807) is 13.0 Å². The fraction of sp³-hybridized carbons (Fsp3) is 0.529. The fourth-order valence-corrected chi connectivity index (χ4v) is 3.88. The third-order valence-electron chi connectivity index (χ3n) is 4.30. The highest BCUT2D eigenvalue weighted by Gasteiger charge is 2.31. The van der Waals surface area contributed by atoms with Crippen molar-refractivity contribution in [3.8, 4) is 0 Å². The maximum Gasteiger partial charge on any atom is 0.281 e. The number of likely N-dealkylation sites (tertiary alicyclic amines) is 1. The van der Waals surface area contributed by atoms with Gasteiger partial charge in [-0.05, 0) is 32.6 Å². The quantitative estimate of drug-likeness (QED) is 0.196. The SMILES string of the molecule is C=N/C(F)=C\C(=C/C)OC1CCN(C(CN=O)c2scnc2C(F)F)CC1. The largest absolute Gasteiger partial charge is 0.491 e. The van der Waals surface area contributed by atoms with Crippen molar-refractivity contribution in [2.75, 3.05) is 19.6 Å². The number of hydrogen-bond acceptors (Lipinski definition) is 7. The molecule has 1 aromatic heterocycles. The molecule has 1 saturated heterocycles. The van der Waals surface area contributed by atoms with Gasteiger partial charge in [-0.25, -0.2) is 18.8 Å². The van der Waals surface area contributed by atoms with Crippen LogP contribution in [0.4, 0.5) is 13.2 Å². The zero-order valence-corrected chi connectivity index (χ0v) is 15.7. The van der Waals surface area contributed by atoms with Gasteiger partial charge in [0.1, 0.15) is 24.1 Å². The van der Waals surface area contributed by atoms with Crippen LogP contribution >= 0.6 is 11.3 Å². The molecule has 1 fully saturated rings. The minimum absolute atomic E-state index is 0.119. The normalized spacial score (nSPS) is 18.6. The minimum Gasteiger partial charge on any atom is -0.491 e. The van der Waals surface area contributed by atoms with Crippen molar-refractivity contribution >= 4 is 18.1 Å². The Hall–Kier alpha value is -2.07. The maximum absolute atomic E-state index is 13.2. The number of thiazole rings is 1. The van der Waals surface area contributed by atoms with Gasteiger partial charge in [-0.15, -0.1) is 11.3 Å². The predicted octanol–water partition coefficient (Wildman–Crippen LogP) is 4.78. The molecule has 0 spiro atoms. The van der Waals surface area contributed by atoms with Crippen LogP contribution < -0.4 is 0 Å². The van der Waals surface area contributed by atoms with Gasteiger partial charge in [0.15, 0.2) is 0 Å². The zero-order chi connectivity index (χ0) is 19.8. The number of aromatic nitrogens is 1. The Kier molecular flexibility index (Phi) is 8.11. The highest BCUT2D eigenvalue weighted by molar-refractivity contribution is 7.09. The Morgan fingerprint density at radius 1 is 1.52 bits per heavy atom. The van der Waals surface area contributed by atoms with Crippen LogP contribution in [0.2, 0.25) is 0 Å². The molecule has 0 radical (unpaired) electrons. The number of halogens is 3. The molecule has 2 heterocycles. The first-order chi connectivity index (χ1) is 13.0. The number of nitroso groups, excluding NO2 is 1. The molecule has 1 atom stereocenters. The molecule has 148 valence electrons. The van der Waals surface area contributed by atoms with E-state index < -0.39 is 18.4 Å². The summed E-state index contributed by atoms with van der Waals surface area (Å²) in [5.41, 5.74) is 1.07. The van der Waals surface area contributed by atoms with Crippen LogP contribution in [0.25, 0.3) is 0 Å². The van der Waals surface area contributed by atoms with Crippen LogP contribution in [0.3, 0.4) is 0 Å². The van der Waals surface area contributed by atoms with Crippen LogP contribution in [-0.2, 0) is 4.74 Å². The topological polar surface area (TPSA) is 67.2 Å². The van der Waals surface area contributed by atoms with Crippen LogP contribution in [-0.4, -0.2) is 42.3 Å². The molecule has 0 N–H and O–H groups in total. The number of hydrogen-bond donors (Lipinski definition) is 0. The second-order valence-corrected chi connectivity index (χ2v) is 6.79. The Bertz CT molecular complexity index is 700. The molecule has 6 nitrogen and oxygen atoms in total. The van der Waals surface area contributed by atoms with E-state index in [9.17, 15) is 18.1 Å². The van der Waals surface area contributed by atoms with E-state index in [2.05, 4.69) is 21.9 Å². The average molecular weight is 402 g/mol. The second-order valence-electron chi connectivity index (χ2n) is 5.90. The van der Waals surface area contributed by atoms with Crippen molar-refractivity contribution in [1.29, 1.82) is 0 Å². The van der Waals surface area contributed by atoms with E-state index >= 15 is 0 Å². The van der Waals surface area contributed by atoms with Gasteiger partial charge in [0, 0.05) is 19.2 Å². The first kappa shape index (κ1) is 21.2. The molecule has 27 heavy (non-hydrogen) atoms. The summed E-state index contributed by atoms with van der Waals surface area (Å²) in [5.74, 6) is -0.380. The summed E-state index contributed by atoms with van der Waals surface area (Å²) < 4.78 is 45.3. The van der Waals surface area contributed by atoms with Gasteiger partial charge in [-0.1, -0.05) is 5.18 Å². The van der Waals surface area contributed by atoms with Gasteiger partial charge < -0.3 is 4.74 Å². The summed E-state index contributed by atoms with van der Waals surface area (Å²) in [4.78, 5) is 20.1. The molecule has 1 aliphatic heterocycles. The third-order valence-corrected chi connectivity index (χ3v) is 5.24. The van der Waals surface area contributed by atoms with E-state index in [0.29, 0.717) is 36.6 Å².